The van der Waals surface area contributed by atoms with Gasteiger partial charge >= 0.3 is 11.9 Å². The van der Waals surface area contributed by atoms with Crippen molar-refractivity contribution in [1.29, 1.82) is 0 Å². The third-order valence-electron chi connectivity index (χ3n) is 11.1. The maximum Gasteiger partial charge on any atom is 0.306 e. The van der Waals surface area contributed by atoms with Crippen LogP contribution >= 0.6 is 23.5 Å². The molecule has 1 saturated carbocycles. The van der Waals surface area contributed by atoms with Gasteiger partial charge in [-0.25, -0.2) is 0 Å². The van der Waals surface area contributed by atoms with E-state index in [9.17, 15) is 53.3 Å². The Labute approximate surface area is 428 Å². The van der Waals surface area contributed by atoms with Gasteiger partial charge in [0.2, 0.25) is 0 Å². The summed E-state index contributed by atoms with van der Waals surface area (Å²) >= 11 is 0. The molecule has 0 aromatic carbocycles. The maximum absolute atomic E-state index is 13.0. The van der Waals surface area contributed by atoms with E-state index >= 15 is 0 Å². The van der Waals surface area contributed by atoms with E-state index < -0.39 is 91.3 Å². The normalized spacial score (nSPS) is 22.1. The van der Waals surface area contributed by atoms with Gasteiger partial charge in [0, 0.05) is 12.8 Å². The molecule has 1 aliphatic carbocycles. The van der Waals surface area contributed by atoms with Crippen molar-refractivity contribution in [3.05, 3.63) is 48.6 Å². The van der Waals surface area contributed by atoms with Crippen LogP contribution in [0.2, 0.25) is 0 Å². The molecule has 72 heavy (non-hydrogen) atoms. The average Bonchev–Trinajstić information content (AvgIpc) is 3.28. The molecule has 10 atom stereocenters. The zero-order chi connectivity index (χ0) is 51.4. The number of hydrogen-bond donors (Lipinski definition) is 8. The van der Waals surface area contributed by atoms with Gasteiger partial charge in [0.15, 0.2) is 6.10 Å². The predicted molar refractivity (Wildman–Crippen MR) is 273 cm³/mol. The molecular formula is C47H94N3O19P3. The third kappa shape index (κ3) is 39.4. The minimum absolute atomic E-state index is 0. The Bertz CT molecular complexity index is 1610. The van der Waals surface area contributed by atoms with Crippen LogP contribution in [0, 0.1) is 0 Å². The summed E-state index contributed by atoms with van der Waals surface area (Å²) in [5.41, 5.74) is 0. The Kier molecular flexibility index (Phi) is 45.5. The van der Waals surface area contributed by atoms with Crippen LogP contribution in [0.1, 0.15) is 181 Å². The number of unbranched alkanes of at least 4 members (excludes halogenated alkanes) is 18. The van der Waals surface area contributed by atoms with E-state index in [1.165, 1.54) is 83.5 Å². The van der Waals surface area contributed by atoms with Gasteiger partial charge in [-0.3, -0.25) is 23.3 Å². The molecule has 0 aromatic rings. The van der Waals surface area contributed by atoms with E-state index in [1.54, 1.807) is 0 Å². The smallest absolute Gasteiger partial charge is 0.306 e. The lowest BCUT2D eigenvalue weighted by Crippen LogP contribution is -2.65. The number of carbonyl (C=O) groups is 2. The van der Waals surface area contributed by atoms with Gasteiger partial charge in [-0.05, 0) is 51.4 Å². The molecule has 1 aliphatic rings. The van der Waals surface area contributed by atoms with Gasteiger partial charge in [0.05, 0.1) is 6.61 Å². The summed E-state index contributed by atoms with van der Waals surface area (Å²) in [5.74, 6) is -1.43. The maximum atomic E-state index is 13.0. The molecule has 0 radical (unpaired) electrons. The molecule has 0 heterocycles. The second-order valence-electron chi connectivity index (χ2n) is 17.3. The number of aliphatic hydroxyl groups excluding tert-OH is 3. The number of phosphoric ester groups is 3. The quantitative estimate of drug-likeness (QED) is 0.0123. The number of esters is 2. The summed E-state index contributed by atoms with van der Waals surface area (Å²) in [5, 5.41) is 31.7. The number of ether oxygens (including phenoxy) is 2. The summed E-state index contributed by atoms with van der Waals surface area (Å²) in [7, 11) is -17.5. The van der Waals surface area contributed by atoms with E-state index in [-0.39, 0.29) is 31.3 Å². The lowest BCUT2D eigenvalue weighted by atomic mass is 9.85. The first kappa shape index (κ1) is 74.2. The van der Waals surface area contributed by atoms with Gasteiger partial charge in [0.1, 0.15) is 43.2 Å². The van der Waals surface area contributed by atoms with Gasteiger partial charge in [-0.1, -0.05) is 165 Å². The zero-order valence-corrected chi connectivity index (χ0v) is 46.4. The highest BCUT2D eigenvalue weighted by atomic mass is 31.2. The minimum Gasteiger partial charge on any atom is -0.756 e. The first-order valence-corrected chi connectivity index (χ1v) is 29.3. The van der Waals surface area contributed by atoms with Crippen LogP contribution in [0.4, 0.5) is 0 Å². The number of rotatable bonds is 42. The fourth-order valence-corrected chi connectivity index (χ4v) is 9.46. The average molecular weight is 1100 g/mol. The Morgan fingerprint density at radius 2 is 0.833 bits per heavy atom. The number of aliphatic hydroxyl groups is 3. The second-order valence-corrected chi connectivity index (χ2v) is 21.0. The molecule has 1 fully saturated rings. The van der Waals surface area contributed by atoms with E-state index in [1.807, 2.05) is 18.2 Å². The Hall–Kier alpha value is -2.01. The number of carbonyl (C=O) groups excluding carboxylic acids is 2. The van der Waals surface area contributed by atoms with E-state index in [4.69, 9.17) is 28.3 Å². The molecule has 1 rings (SSSR count). The van der Waals surface area contributed by atoms with Crippen molar-refractivity contribution in [3.63, 3.8) is 0 Å². The molecule has 0 aliphatic heterocycles. The molecule has 17 N–H and O–H groups in total. The first-order chi connectivity index (χ1) is 32.8. The highest BCUT2D eigenvalue weighted by molar-refractivity contribution is 7.46. The molecule has 426 valence electrons. The lowest BCUT2D eigenvalue weighted by Gasteiger charge is -2.47. The van der Waals surface area contributed by atoms with Crippen molar-refractivity contribution in [1.82, 2.24) is 18.5 Å². The fourth-order valence-electron chi connectivity index (χ4n) is 7.39. The molecule has 0 amide bonds. The number of hydrogen-bond acceptors (Lipinski definition) is 17. The molecule has 0 spiro atoms. The van der Waals surface area contributed by atoms with Gasteiger partial charge in [-0.2, -0.15) is 0 Å². The number of phosphoric acid groups is 3. The van der Waals surface area contributed by atoms with Crippen molar-refractivity contribution in [2.75, 3.05) is 13.2 Å². The number of allylic oxidation sites excluding steroid dienone is 8. The first-order valence-electron chi connectivity index (χ1n) is 24.9. The van der Waals surface area contributed by atoms with Gasteiger partial charge < -0.3 is 85.8 Å². The van der Waals surface area contributed by atoms with Crippen LogP contribution < -0.4 is 33.1 Å². The lowest BCUT2D eigenvalue weighted by molar-refractivity contribution is -0.278. The van der Waals surface area contributed by atoms with Crippen molar-refractivity contribution in [2.45, 2.75) is 224 Å². The molecule has 8 unspecified atom stereocenters. The molecule has 0 bridgehead atoms. The highest BCUT2D eigenvalue weighted by Gasteiger charge is 2.54. The van der Waals surface area contributed by atoms with Crippen molar-refractivity contribution < 1.29 is 90.6 Å². The molecule has 22 nitrogen and oxygen atoms in total. The summed E-state index contributed by atoms with van der Waals surface area (Å²) in [6, 6.07) is 0. The Morgan fingerprint density at radius 3 is 1.25 bits per heavy atom. The Balaban J connectivity index is -0.0000159. The summed E-state index contributed by atoms with van der Waals surface area (Å²) in [4.78, 5) is 79.7. The third-order valence-corrected chi connectivity index (χ3v) is 13.1. The topological polar surface area (TPSA) is 421 Å². The zero-order valence-electron chi connectivity index (χ0n) is 43.8. The Morgan fingerprint density at radius 1 is 0.486 bits per heavy atom. The standard InChI is InChI=1S/C47H85O19P3.3H3N/c1-3-5-7-9-11-13-15-17-19-20-22-24-26-28-30-32-34-36-41(49)63-39(37-61-40(48)35-33-31-29-27-25-23-21-18-16-14-12-10-8-6-4-2)38-62-69(59,60)66-47-43(51)45(64-67(53,54)55)42(50)46(44(47)52)65-68(56,57)58;;;/h11,13,17,19,22,24,28,30,39,42-47,50-52H,3-10,12,14-16,18,20-21,23,25-27,29,31-38H2,1-2H3,(H,59,60)(H2,53,54,55)(H2,56,57,58);3*1H3/b13-11-,19-17-,24-22-,30-28-;;;/t39-,42?,43?,44?,45-,46?,47?;;;/m1.../s1. The van der Waals surface area contributed by atoms with Crippen LogP contribution in [0.15, 0.2) is 48.6 Å². The molecule has 0 aromatic heterocycles. The molecule has 25 heteroatoms. The minimum atomic E-state index is -5.84. The second kappa shape index (κ2) is 44.2. The van der Waals surface area contributed by atoms with Crippen LogP contribution in [0.5, 0.6) is 0 Å². The van der Waals surface area contributed by atoms with Crippen molar-refractivity contribution >= 4 is 35.4 Å². The SMILES string of the molecule is CCCCC/C=C\C/C=C\C/C=C\C/C=C\CCCC(=O)O[C@H](COC(=O)CCCCCCCCCCCCCCCCC)COP(=O)([O-])OC1C(O)C(OP(=O)([O-])O)C(O)[C@@H](OP(=O)([O-])O)C1O.[NH4+].[NH4+].[NH4+]. The van der Waals surface area contributed by atoms with Crippen LogP contribution in [-0.2, 0) is 50.9 Å². The van der Waals surface area contributed by atoms with Crippen LogP contribution in [0.3, 0.4) is 0 Å². The number of quaternary nitrogens is 3. The van der Waals surface area contributed by atoms with E-state index in [0.29, 0.717) is 25.7 Å². The van der Waals surface area contributed by atoms with Gasteiger partial charge in [0.25, 0.3) is 23.5 Å². The summed E-state index contributed by atoms with van der Waals surface area (Å²) in [6.07, 6.45) is 24.4. The summed E-state index contributed by atoms with van der Waals surface area (Å²) < 4.78 is 64.5. The van der Waals surface area contributed by atoms with Crippen molar-refractivity contribution in [2.24, 2.45) is 0 Å². The summed E-state index contributed by atoms with van der Waals surface area (Å²) in [6.45, 7) is 2.73. The molecular weight excluding hydrogens is 1000 g/mol. The van der Waals surface area contributed by atoms with Crippen LogP contribution in [0.25, 0.3) is 0 Å². The van der Waals surface area contributed by atoms with Crippen LogP contribution in [-0.4, -0.2) is 93.0 Å². The van der Waals surface area contributed by atoms with E-state index in [0.717, 1.165) is 44.9 Å². The van der Waals surface area contributed by atoms with E-state index in [2.05, 4.69) is 53.3 Å². The monoisotopic (exact) mass is 1100 g/mol. The fraction of sp³-hybridized carbons (Fsp3) is 0.787. The largest absolute Gasteiger partial charge is 0.756 e. The molecule has 0 saturated heterocycles. The van der Waals surface area contributed by atoms with Crippen molar-refractivity contribution in [3.8, 4) is 0 Å². The van der Waals surface area contributed by atoms with Gasteiger partial charge in [-0.15, -0.1) is 0 Å². The predicted octanol–water partition coefficient (Wildman–Crippen LogP) is 8.64. The highest BCUT2D eigenvalue weighted by Crippen LogP contribution is 2.47.